The van der Waals surface area contributed by atoms with Crippen LogP contribution in [0.2, 0.25) is 0 Å². The molecule has 0 saturated heterocycles. The van der Waals surface area contributed by atoms with Crippen molar-refractivity contribution in [2.45, 2.75) is 6.92 Å². The minimum absolute atomic E-state index is 0.385. The number of hydrogen-bond donors (Lipinski definition) is 0. The molecule has 0 fully saturated rings. The second-order valence-corrected chi connectivity index (χ2v) is 2.52. The van der Waals surface area contributed by atoms with Crippen LogP contribution in [-0.2, 0) is 4.79 Å². The van der Waals surface area contributed by atoms with Crippen molar-refractivity contribution in [3.8, 4) is 5.75 Å². The normalized spacial score (nSPS) is 9.38. The predicted molar refractivity (Wildman–Crippen MR) is 47.9 cm³/mol. The summed E-state index contributed by atoms with van der Waals surface area (Å²) in [5, 5.41) is 0. The lowest BCUT2D eigenvalue weighted by molar-refractivity contribution is -0.131. The summed E-state index contributed by atoms with van der Waals surface area (Å²) in [6.07, 6.45) is 0. The molecule has 0 spiro atoms. The molecule has 0 aromatic heterocycles. The van der Waals surface area contributed by atoms with Crippen molar-refractivity contribution in [1.29, 1.82) is 0 Å². The fourth-order valence-electron chi connectivity index (χ4n) is 0.870. The van der Waals surface area contributed by atoms with Crippen molar-refractivity contribution >= 4 is 11.8 Å². The van der Waals surface area contributed by atoms with Crippen LogP contribution >= 0.6 is 0 Å². The number of esters is 1. The third-order valence-electron chi connectivity index (χ3n) is 1.43. The summed E-state index contributed by atoms with van der Waals surface area (Å²) >= 11 is 0. The van der Waals surface area contributed by atoms with Gasteiger partial charge in [0, 0.05) is 12.5 Å². The largest absolute Gasteiger partial charge is 0.427 e. The quantitative estimate of drug-likeness (QED) is 0.516. The molecule has 0 bridgehead atoms. The van der Waals surface area contributed by atoms with Crippen molar-refractivity contribution < 1.29 is 13.9 Å². The van der Waals surface area contributed by atoms with Gasteiger partial charge in [-0.05, 0) is 24.3 Å². The average Bonchev–Trinajstić information content (AvgIpc) is 2.04. The Morgan fingerprint density at radius 1 is 1.38 bits per heavy atom. The molecule has 0 aliphatic carbocycles. The van der Waals surface area contributed by atoms with Crippen LogP contribution in [0.1, 0.15) is 12.5 Å². The Kier molecular flexibility index (Phi) is 2.80. The summed E-state index contributed by atoms with van der Waals surface area (Å²) in [5.74, 6) is -0.501. The van der Waals surface area contributed by atoms with E-state index in [0.717, 1.165) is 0 Å². The van der Waals surface area contributed by atoms with E-state index in [-0.39, 0.29) is 0 Å². The average molecular weight is 180 g/mol. The predicted octanol–water partition coefficient (Wildman–Crippen LogP) is 2.55. The first-order valence-corrected chi connectivity index (χ1v) is 3.73. The molecule has 0 heterocycles. The van der Waals surface area contributed by atoms with E-state index in [9.17, 15) is 9.18 Å². The van der Waals surface area contributed by atoms with Gasteiger partial charge in [0.1, 0.15) is 11.6 Å². The van der Waals surface area contributed by atoms with Crippen LogP contribution in [0.4, 0.5) is 4.39 Å². The maximum absolute atomic E-state index is 12.5. The lowest BCUT2D eigenvalue weighted by Crippen LogP contribution is -2.00. The van der Waals surface area contributed by atoms with Crippen LogP contribution in [0.15, 0.2) is 30.8 Å². The fourth-order valence-corrected chi connectivity index (χ4v) is 0.870. The fraction of sp³-hybridized carbons (Fsp3) is 0.100. The number of carbonyl (C=O) groups excluding carboxylic acids is 1. The first-order valence-electron chi connectivity index (χ1n) is 3.73. The van der Waals surface area contributed by atoms with Crippen LogP contribution in [0.5, 0.6) is 5.75 Å². The highest BCUT2D eigenvalue weighted by Crippen LogP contribution is 2.17. The Morgan fingerprint density at radius 3 is 2.31 bits per heavy atom. The van der Waals surface area contributed by atoms with Gasteiger partial charge in [0.05, 0.1) is 0 Å². The van der Waals surface area contributed by atoms with Crippen molar-refractivity contribution in [2.24, 2.45) is 0 Å². The zero-order valence-corrected chi connectivity index (χ0v) is 7.21. The van der Waals surface area contributed by atoms with E-state index in [2.05, 4.69) is 6.58 Å². The van der Waals surface area contributed by atoms with Crippen LogP contribution in [0, 0.1) is 0 Å². The standard InChI is InChI=1S/C10H9FO2/c1-7(11)9-3-5-10(6-4-9)13-8(2)12/h3-6H,1H2,2H3. The van der Waals surface area contributed by atoms with Crippen molar-refractivity contribution in [3.05, 3.63) is 36.4 Å². The number of hydrogen-bond acceptors (Lipinski definition) is 2. The van der Waals surface area contributed by atoms with E-state index in [1.807, 2.05) is 0 Å². The van der Waals surface area contributed by atoms with E-state index in [0.29, 0.717) is 11.3 Å². The molecule has 1 rings (SSSR count). The summed E-state index contributed by atoms with van der Waals surface area (Å²) in [7, 11) is 0. The smallest absolute Gasteiger partial charge is 0.308 e. The molecule has 68 valence electrons. The summed E-state index contributed by atoms with van der Waals surface area (Å²) in [6, 6.07) is 6.03. The lowest BCUT2D eigenvalue weighted by Gasteiger charge is -2.01. The Balaban J connectivity index is 2.81. The summed E-state index contributed by atoms with van der Waals surface area (Å²) in [6.45, 7) is 4.45. The Bertz CT molecular complexity index is 327. The molecule has 0 atom stereocenters. The number of halogens is 1. The van der Waals surface area contributed by atoms with Gasteiger partial charge in [0.25, 0.3) is 0 Å². The summed E-state index contributed by atoms with van der Waals surface area (Å²) in [5.41, 5.74) is 0.385. The third kappa shape index (κ3) is 2.71. The van der Waals surface area contributed by atoms with Gasteiger partial charge >= 0.3 is 5.97 Å². The van der Waals surface area contributed by atoms with Crippen LogP contribution < -0.4 is 4.74 Å². The molecule has 0 amide bonds. The molecule has 0 saturated carbocycles. The molecule has 0 radical (unpaired) electrons. The van der Waals surface area contributed by atoms with Gasteiger partial charge in [-0.2, -0.15) is 0 Å². The second-order valence-electron chi connectivity index (χ2n) is 2.52. The molecular weight excluding hydrogens is 171 g/mol. The highest BCUT2D eigenvalue weighted by Gasteiger charge is 1.99. The van der Waals surface area contributed by atoms with Crippen LogP contribution in [0.3, 0.4) is 0 Å². The number of rotatable bonds is 2. The van der Waals surface area contributed by atoms with Crippen molar-refractivity contribution in [3.63, 3.8) is 0 Å². The minimum atomic E-state index is -0.505. The topological polar surface area (TPSA) is 26.3 Å². The van der Waals surface area contributed by atoms with E-state index < -0.39 is 11.8 Å². The van der Waals surface area contributed by atoms with Crippen LogP contribution in [-0.4, -0.2) is 5.97 Å². The highest BCUT2D eigenvalue weighted by atomic mass is 19.1. The maximum atomic E-state index is 12.5. The van der Waals surface area contributed by atoms with Crippen molar-refractivity contribution in [2.75, 3.05) is 0 Å². The van der Waals surface area contributed by atoms with Gasteiger partial charge in [0.15, 0.2) is 0 Å². The van der Waals surface area contributed by atoms with Gasteiger partial charge in [-0.15, -0.1) is 0 Å². The first-order chi connectivity index (χ1) is 6.09. The molecule has 0 N–H and O–H groups in total. The minimum Gasteiger partial charge on any atom is -0.427 e. The van der Waals surface area contributed by atoms with E-state index in [1.54, 1.807) is 0 Å². The maximum Gasteiger partial charge on any atom is 0.308 e. The zero-order valence-electron chi connectivity index (χ0n) is 7.21. The lowest BCUT2D eigenvalue weighted by atomic mass is 10.2. The van der Waals surface area contributed by atoms with E-state index in [1.165, 1.54) is 31.2 Å². The number of ether oxygens (including phenoxy) is 1. The van der Waals surface area contributed by atoms with Gasteiger partial charge in [-0.25, -0.2) is 4.39 Å². The molecule has 1 aromatic carbocycles. The van der Waals surface area contributed by atoms with Gasteiger partial charge in [-0.3, -0.25) is 4.79 Å². The number of benzene rings is 1. The molecule has 0 aliphatic heterocycles. The van der Waals surface area contributed by atoms with E-state index >= 15 is 0 Å². The first kappa shape index (κ1) is 9.45. The third-order valence-corrected chi connectivity index (χ3v) is 1.43. The molecule has 13 heavy (non-hydrogen) atoms. The molecule has 0 aliphatic rings. The Labute approximate surface area is 75.6 Å². The Morgan fingerprint density at radius 2 is 1.92 bits per heavy atom. The summed E-state index contributed by atoms with van der Waals surface area (Å²) < 4.78 is 17.3. The SMILES string of the molecule is C=C(F)c1ccc(OC(C)=O)cc1. The molecule has 2 nitrogen and oxygen atoms in total. The monoisotopic (exact) mass is 180 g/mol. The van der Waals surface area contributed by atoms with Gasteiger partial charge in [-0.1, -0.05) is 6.58 Å². The van der Waals surface area contributed by atoms with Gasteiger partial charge in [0.2, 0.25) is 0 Å². The summed E-state index contributed by atoms with van der Waals surface area (Å²) in [4.78, 5) is 10.5. The zero-order chi connectivity index (χ0) is 9.84. The molecule has 1 aromatic rings. The molecule has 0 unspecified atom stereocenters. The molecule has 3 heteroatoms. The second kappa shape index (κ2) is 3.85. The Hall–Kier alpha value is -1.64. The number of carbonyl (C=O) groups is 1. The van der Waals surface area contributed by atoms with E-state index in [4.69, 9.17) is 4.74 Å². The highest BCUT2D eigenvalue weighted by molar-refractivity contribution is 5.69. The molecular formula is C10H9FO2. The van der Waals surface area contributed by atoms with Crippen LogP contribution in [0.25, 0.3) is 5.83 Å². The van der Waals surface area contributed by atoms with Gasteiger partial charge < -0.3 is 4.74 Å². The van der Waals surface area contributed by atoms with Crippen molar-refractivity contribution in [1.82, 2.24) is 0 Å².